The molecule has 1 unspecified atom stereocenters. The van der Waals surface area contributed by atoms with Crippen molar-refractivity contribution < 1.29 is 19.1 Å². The summed E-state index contributed by atoms with van der Waals surface area (Å²) in [4.78, 5) is 35.1. The molecule has 1 aliphatic rings. The predicted molar refractivity (Wildman–Crippen MR) is 139 cm³/mol. The summed E-state index contributed by atoms with van der Waals surface area (Å²) in [5.41, 5.74) is 2.16. The standard InChI is InChI=1S/C28H40N4O4/c1-28(2,3)36-27(34)25(13-14-26(33)35-21-22-9-6-5-7-10-22)32-18-17-31(4)16-15-29-19-23-11-8-12-24(20-32)30-23/h5-12,25,29H,13-21H2,1-4H3. The monoisotopic (exact) mass is 496 g/mol. The summed E-state index contributed by atoms with van der Waals surface area (Å²) < 4.78 is 11.3. The summed E-state index contributed by atoms with van der Waals surface area (Å²) in [6, 6.07) is 15.0. The molecule has 0 saturated heterocycles. The van der Waals surface area contributed by atoms with E-state index in [0.29, 0.717) is 26.1 Å². The molecule has 1 N–H and O–H groups in total. The number of nitrogens with one attached hydrogen (secondary N) is 1. The quantitative estimate of drug-likeness (QED) is 0.586. The van der Waals surface area contributed by atoms with Crippen molar-refractivity contribution in [3.8, 4) is 0 Å². The minimum atomic E-state index is -0.629. The fourth-order valence-corrected chi connectivity index (χ4v) is 4.05. The van der Waals surface area contributed by atoms with Gasteiger partial charge in [-0.1, -0.05) is 36.4 Å². The first-order chi connectivity index (χ1) is 17.2. The van der Waals surface area contributed by atoms with Gasteiger partial charge in [0.25, 0.3) is 0 Å². The summed E-state index contributed by atoms with van der Waals surface area (Å²) in [5.74, 6) is -0.656. The van der Waals surface area contributed by atoms with Gasteiger partial charge in [0.05, 0.1) is 11.4 Å². The van der Waals surface area contributed by atoms with Crippen LogP contribution in [0.4, 0.5) is 0 Å². The average Bonchev–Trinajstić information content (AvgIpc) is 2.83. The predicted octanol–water partition coefficient (Wildman–Crippen LogP) is 3.15. The SMILES string of the molecule is CN1CCNCc2cccc(n2)CN(C(CCC(=O)OCc2ccccc2)C(=O)OC(C)(C)C)CC1. The first-order valence-corrected chi connectivity index (χ1v) is 12.7. The number of hydrogen-bond donors (Lipinski definition) is 1. The van der Waals surface area contributed by atoms with Gasteiger partial charge in [0, 0.05) is 45.7 Å². The number of esters is 2. The molecular formula is C28H40N4O4. The lowest BCUT2D eigenvalue weighted by atomic mass is 10.1. The van der Waals surface area contributed by atoms with Gasteiger partial charge in [-0.2, -0.15) is 0 Å². The van der Waals surface area contributed by atoms with Gasteiger partial charge >= 0.3 is 11.9 Å². The van der Waals surface area contributed by atoms with Gasteiger partial charge < -0.3 is 19.7 Å². The molecule has 0 aliphatic carbocycles. The molecule has 2 heterocycles. The van der Waals surface area contributed by atoms with Crippen LogP contribution in [0.25, 0.3) is 0 Å². The van der Waals surface area contributed by atoms with E-state index in [1.807, 2.05) is 69.3 Å². The van der Waals surface area contributed by atoms with E-state index in [0.717, 1.165) is 36.6 Å². The molecule has 36 heavy (non-hydrogen) atoms. The fraction of sp³-hybridized carbons (Fsp3) is 0.536. The molecule has 1 aliphatic heterocycles. The molecule has 8 nitrogen and oxygen atoms in total. The van der Waals surface area contributed by atoms with Crippen molar-refractivity contribution in [2.45, 2.75) is 65.0 Å². The lowest BCUT2D eigenvalue weighted by Gasteiger charge is -2.33. The minimum absolute atomic E-state index is 0.125. The maximum Gasteiger partial charge on any atom is 0.323 e. The Kier molecular flexibility index (Phi) is 10.4. The zero-order chi connectivity index (χ0) is 26.0. The number of fused-ring (bicyclic) bond motifs is 2. The van der Waals surface area contributed by atoms with E-state index in [9.17, 15) is 9.59 Å². The Morgan fingerprint density at radius 3 is 2.53 bits per heavy atom. The topological polar surface area (TPSA) is 84.0 Å². The number of likely N-dealkylation sites (N-methyl/N-ethyl adjacent to an activating group) is 1. The number of benzene rings is 1. The number of rotatable bonds is 7. The Labute approximate surface area is 215 Å². The largest absolute Gasteiger partial charge is 0.461 e. The molecule has 0 fully saturated rings. The van der Waals surface area contributed by atoms with Crippen molar-refractivity contribution in [2.24, 2.45) is 0 Å². The van der Waals surface area contributed by atoms with E-state index in [4.69, 9.17) is 14.5 Å². The number of carbonyl (C=O) groups excluding carboxylic acids is 2. The van der Waals surface area contributed by atoms with E-state index in [-0.39, 0.29) is 25.0 Å². The number of pyridine rings is 1. The lowest BCUT2D eigenvalue weighted by molar-refractivity contribution is -0.162. The Balaban J connectivity index is 1.76. The molecule has 8 heteroatoms. The van der Waals surface area contributed by atoms with Crippen LogP contribution in [0.2, 0.25) is 0 Å². The van der Waals surface area contributed by atoms with E-state index < -0.39 is 11.6 Å². The molecule has 0 radical (unpaired) electrons. The summed E-state index contributed by atoms with van der Waals surface area (Å²) >= 11 is 0. The average molecular weight is 497 g/mol. The molecule has 0 saturated carbocycles. The van der Waals surface area contributed by atoms with Crippen molar-refractivity contribution in [2.75, 3.05) is 33.2 Å². The number of ether oxygens (including phenoxy) is 2. The molecule has 1 atom stereocenters. The molecule has 3 rings (SSSR count). The van der Waals surface area contributed by atoms with E-state index in [2.05, 4.69) is 22.2 Å². The summed E-state index contributed by atoms with van der Waals surface area (Å²) in [6.45, 7) is 10.1. The van der Waals surface area contributed by atoms with Gasteiger partial charge in [-0.15, -0.1) is 0 Å². The summed E-state index contributed by atoms with van der Waals surface area (Å²) in [5, 5.41) is 3.43. The highest BCUT2D eigenvalue weighted by molar-refractivity contribution is 5.77. The van der Waals surface area contributed by atoms with Crippen LogP contribution in [0, 0.1) is 0 Å². The Bertz CT molecular complexity index is 977. The Hall–Kier alpha value is -2.81. The second-order valence-corrected chi connectivity index (χ2v) is 10.3. The van der Waals surface area contributed by atoms with Crippen LogP contribution in [0.1, 0.15) is 50.6 Å². The molecular weight excluding hydrogens is 456 g/mol. The molecule has 0 amide bonds. The molecule has 2 aromatic rings. The third kappa shape index (κ3) is 9.68. The Morgan fingerprint density at radius 2 is 1.78 bits per heavy atom. The van der Waals surface area contributed by atoms with E-state index >= 15 is 0 Å². The zero-order valence-electron chi connectivity index (χ0n) is 22.0. The first kappa shape index (κ1) is 27.8. The second-order valence-electron chi connectivity index (χ2n) is 10.3. The summed E-state index contributed by atoms with van der Waals surface area (Å²) in [7, 11) is 2.08. The number of nitrogens with zero attached hydrogens (tertiary/aromatic N) is 3. The molecule has 1 aromatic carbocycles. The number of hydrogen-bond acceptors (Lipinski definition) is 8. The van der Waals surface area contributed by atoms with E-state index in [1.165, 1.54) is 0 Å². The van der Waals surface area contributed by atoms with Crippen LogP contribution in [0.5, 0.6) is 0 Å². The van der Waals surface area contributed by atoms with E-state index in [1.54, 1.807) is 0 Å². The van der Waals surface area contributed by atoms with Crippen molar-refractivity contribution >= 4 is 11.9 Å². The molecule has 2 bridgehead atoms. The van der Waals surface area contributed by atoms with Crippen molar-refractivity contribution in [1.29, 1.82) is 0 Å². The smallest absolute Gasteiger partial charge is 0.323 e. The van der Waals surface area contributed by atoms with Gasteiger partial charge in [0.1, 0.15) is 18.2 Å². The maximum atomic E-state index is 13.4. The Morgan fingerprint density at radius 1 is 1.03 bits per heavy atom. The van der Waals surface area contributed by atoms with Gasteiger partial charge in [0.2, 0.25) is 0 Å². The highest BCUT2D eigenvalue weighted by Crippen LogP contribution is 2.18. The fourth-order valence-electron chi connectivity index (χ4n) is 4.05. The minimum Gasteiger partial charge on any atom is -0.461 e. The van der Waals surface area contributed by atoms with Crippen LogP contribution < -0.4 is 5.32 Å². The third-order valence-corrected chi connectivity index (χ3v) is 5.96. The highest BCUT2D eigenvalue weighted by Gasteiger charge is 2.31. The molecule has 0 spiro atoms. The lowest BCUT2D eigenvalue weighted by Crippen LogP contribution is -2.47. The normalized spacial score (nSPS) is 16.9. The van der Waals surface area contributed by atoms with Crippen LogP contribution in [0.3, 0.4) is 0 Å². The van der Waals surface area contributed by atoms with Gasteiger partial charge in [-0.05, 0) is 51.9 Å². The summed E-state index contributed by atoms with van der Waals surface area (Å²) in [6.07, 6.45) is 0.438. The van der Waals surface area contributed by atoms with Crippen LogP contribution in [0.15, 0.2) is 48.5 Å². The van der Waals surface area contributed by atoms with Crippen LogP contribution in [-0.4, -0.2) is 71.6 Å². The van der Waals surface area contributed by atoms with Gasteiger partial charge in [-0.25, -0.2) is 0 Å². The van der Waals surface area contributed by atoms with Crippen LogP contribution in [-0.2, 0) is 38.8 Å². The number of carbonyl (C=O) groups is 2. The first-order valence-electron chi connectivity index (χ1n) is 12.7. The van der Waals surface area contributed by atoms with Gasteiger partial charge in [0.15, 0.2) is 0 Å². The number of aromatic nitrogens is 1. The van der Waals surface area contributed by atoms with Crippen molar-refractivity contribution in [3.05, 3.63) is 65.5 Å². The molecule has 1 aromatic heterocycles. The van der Waals surface area contributed by atoms with Crippen molar-refractivity contribution in [3.63, 3.8) is 0 Å². The molecule has 196 valence electrons. The third-order valence-electron chi connectivity index (χ3n) is 5.96. The zero-order valence-corrected chi connectivity index (χ0v) is 22.0. The van der Waals surface area contributed by atoms with Crippen LogP contribution >= 0.6 is 0 Å². The van der Waals surface area contributed by atoms with Crippen molar-refractivity contribution in [1.82, 2.24) is 20.1 Å². The van der Waals surface area contributed by atoms with Gasteiger partial charge in [-0.3, -0.25) is 19.5 Å². The second kappa shape index (κ2) is 13.5. The highest BCUT2D eigenvalue weighted by atomic mass is 16.6. The maximum absolute atomic E-state index is 13.4.